The molecule has 1 unspecified atom stereocenters. The van der Waals surface area contributed by atoms with Crippen molar-refractivity contribution in [3.8, 4) is 11.3 Å². The zero-order valence-electron chi connectivity index (χ0n) is 10.6. The largest absolute Gasteiger partial charge is 0.381 e. The fraction of sp³-hybridized carbons (Fsp3) is 0.357. The van der Waals surface area contributed by atoms with E-state index in [0.717, 1.165) is 12.2 Å². The molecule has 2 heterocycles. The van der Waals surface area contributed by atoms with Gasteiger partial charge in [0, 0.05) is 24.5 Å². The Hall–Kier alpha value is -1.81. The average Bonchev–Trinajstić information content (AvgIpc) is 3.02. The molecule has 0 bridgehead atoms. The molecule has 0 saturated carbocycles. The van der Waals surface area contributed by atoms with Crippen molar-refractivity contribution >= 4 is 5.69 Å². The summed E-state index contributed by atoms with van der Waals surface area (Å²) in [6, 6.07) is 11.1. The standard InChI is InChI=1S/C14H18N4/c1-18-9-7-13(10-18)16-12-4-2-11(3-5-12)14-6-8-15-17-14/h2-6,8,13,16H,7,9-10H2,1H3,(H,15,17). The van der Waals surface area contributed by atoms with Gasteiger partial charge < -0.3 is 10.2 Å². The molecule has 18 heavy (non-hydrogen) atoms. The molecule has 1 aliphatic heterocycles. The van der Waals surface area contributed by atoms with Gasteiger partial charge in [-0.2, -0.15) is 5.10 Å². The van der Waals surface area contributed by atoms with Gasteiger partial charge in [-0.25, -0.2) is 0 Å². The summed E-state index contributed by atoms with van der Waals surface area (Å²) >= 11 is 0. The van der Waals surface area contributed by atoms with Crippen LogP contribution in [0.3, 0.4) is 0 Å². The summed E-state index contributed by atoms with van der Waals surface area (Å²) in [7, 11) is 2.17. The molecule has 4 nitrogen and oxygen atoms in total. The maximum Gasteiger partial charge on any atom is 0.0650 e. The number of anilines is 1. The SMILES string of the molecule is CN1CCC(Nc2ccc(-c3ccn[nH]3)cc2)C1. The molecule has 0 aliphatic carbocycles. The van der Waals surface area contributed by atoms with Crippen LogP contribution in [0.2, 0.25) is 0 Å². The van der Waals surface area contributed by atoms with Crippen LogP contribution in [-0.4, -0.2) is 41.3 Å². The van der Waals surface area contributed by atoms with Crippen LogP contribution in [0.5, 0.6) is 0 Å². The summed E-state index contributed by atoms with van der Waals surface area (Å²) in [4.78, 5) is 2.36. The minimum absolute atomic E-state index is 0.577. The number of rotatable bonds is 3. The maximum absolute atomic E-state index is 3.97. The van der Waals surface area contributed by atoms with Crippen molar-refractivity contribution in [3.05, 3.63) is 36.5 Å². The summed E-state index contributed by atoms with van der Waals surface area (Å²) in [6.45, 7) is 2.31. The van der Waals surface area contributed by atoms with Crippen molar-refractivity contribution in [2.75, 3.05) is 25.5 Å². The molecule has 94 valence electrons. The highest BCUT2D eigenvalue weighted by Gasteiger charge is 2.18. The first-order valence-electron chi connectivity index (χ1n) is 6.36. The van der Waals surface area contributed by atoms with Crippen LogP contribution < -0.4 is 5.32 Å². The number of nitrogens with one attached hydrogen (secondary N) is 2. The third-order valence-corrected chi connectivity index (χ3v) is 3.46. The lowest BCUT2D eigenvalue weighted by Crippen LogP contribution is -2.23. The van der Waals surface area contributed by atoms with E-state index in [1.807, 2.05) is 6.07 Å². The predicted molar refractivity (Wildman–Crippen MR) is 73.5 cm³/mol. The highest BCUT2D eigenvalue weighted by Crippen LogP contribution is 2.20. The summed E-state index contributed by atoms with van der Waals surface area (Å²) in [5.74, 6) is 0. The van der Waals surface area contributed by atoms with Gasteiger partial charge in [0.05, 0.1) is 5.69 Å². The number of aromatic amines is 1. The second kappa shape index (κ2) is 4.82. The third-order valence-electron chi connectivity index (χ3n) is 3.46. The molecule has 2 N–H and O–H groups in total. The van der Waals surface area contributed by atoms with Gasteiger partial charge >= 0.3 is 0 Å². The normalized spacial score (nSPS) is 20.2. The number of hydrogen-bond acceptors (Lipinski definition) is 3. The molecule has 3 rings (SSSR count). The van der Waals surface area contributed by atoms with Crippen LogP contribution in [0, 0.1) is 0 Å². The van der Waals surface area contributed by atoms with E-state index in [0.29, 0.717) is 6.04 Å². The molecule has 0 amide bonds. The zero-order valence-corrected chi connectivity index (χ0v) is 10.6. The summed E-state index contributed by atoms with van der Waals surface area (Å²) in [5.41, 5.74) is 3.42. The highest BCUT2D eigenvalue weighted by molar-refractivity contribution is 5.62. The van der Waals surface area contributed by atoms with Crippen molar-refractivity contribution < 1.29 is 0 Å². The molecular weight excluding hydrogens is 224 g/mol. The number of likely N-dealkylation sites (N-methyl/N-ethyl adjacent to an activating group) is 1. The van der Waals surface area contributed by atoms with Crippen LogP contribution >= 0.6 is 0 Å². The average molecular weight is 242 g/mol. The van der Waals surface area contributed by atoms with Gasteiger partial charge in [0.2, 0.25) is 0 Å². The topological polar surface area (TPSA) is 44.0 Å². The van der Waals surface area contributed by atoms with Gasteiger partial charge in [-0.1, -0.05) is 12.1 Å². The summed E-state index contributed by atoms with van der Waals surface area (Å²) in [6.07, 6.45) is 2.99. The molecule has 1 aromatic carbocycles. The first-order valence-corrected chi connectivity index (χ1v) is 6.36. The smallest absolute Gasteiger partial charge is 0.0650 e. The Labute approximate surface area is 107 Å². The van der Waals surface area contributed by atoms with Crippen LogP contribution in [0.1, 0.15) is 6.42 Å². The number of H-pyrrole nitrogens is 1. The van der Waals surface area contributed by atoms with Gasteiger partial charge in [0.15, 0.2) is 0 Å². The fourth-order valence-electron chi connectivity index (χ4n) is 2.45. The lowest BCUT2D eigenvalue weighted by Gasteiger charge is -2.14. The number of nitrogens with zero attached hydrogens (tertiary/aromatic N) is 2. The molecule has 1 atom stereocenters. The molecule has 1 fully saturated rings. The molecule has 0 radical (unpaired) electrons. The Morgan fingerprint density at radius 1 is 1.28 bits per heavy atom. The quantitative estimate of drug-likeness (QED) is 0.867. The lowest BCUT2D eigenvalue weighted by atomic mass is 10.1. The highest BCUT2D eigenvalue weighted by atomic mass is 15.2. The second-order valence-electron chi connectivity index (χ2n) is 4.94. The fourth-order valence-corrected chi connectivity index (χ4v) is 2.45. The predicted octanol–water partition coefficient (Wildman–Crippen LogP) is 2.19. The van der Waals surface area contributed by atoms with Crippen molar-refractivity contribution in [3.63, 3.8) is 0 Å². The van der Waals surface area contributed by atoms with E-state index in [2.05, 4.69) is 51.7 Å². The molecule has 1 aromatic heterocycles. The number of aromatic nitrogens is 2. The Balaban J connectivity index is 1.68. The second-order valence-corrected chi connectivity index (χ2v) is 4.94. The minimum atomic E-state index is 0.577. The zero-order chi connectivity index (χ0) is 12.4. The van der Waals surface area contributed by atoms with Gasteiger partial charge in [-0.05, 0) is 43.8 Å². The van der Waals surface area contributed by atoms with Gasteiger partial charge in [-0.15, -0.1) is 0 Å². The van der Waals surface area contributed by atoms with E-state index in [1.165, 1.54) is 24.2 Å². The maximum atomic E-state index is 3.97. The van der Waals surface area contributed by atoms with E-state index < -0.39 is 0 Å². The minimum Gasteiger partial charge on any atom is -0.381 e. The first-order chi connectivity index (χ1) is 8.81. The van der Waals surface area contributed by atoms with Crippen LogP contribution in [0.15, 0.2) is 36.5 Å². The van der Waals surface area contributed by atoms with E-state index in [-0.39, 0.29) is 0 Å². The van der Waals surface area contributed by atoms with Crippen LogP contribution in [0.4, 0.5) is 5.69 Å². The number of benzene rings is 1. The number of hydrogen-bond donors (Lipinski definition) is 2. The van der Waals surface area contributed by atoms with Crippen molar-refractivity contribution in [2.24, 2.45) is 0 Å². The molecule has 4 heteroatoms. The van der Waals surface area contributed by atoms with Crippen molar-refractivity contribution in [1.29, 1.82) is 0 Å². The van der Waals surface area contributed by atoms with Gasteiger partial charge in [0.1, 0.15) is 0 Å². The van der Waals surface area contributed by atoms with E-state index in [9.17, 15) is 0 Å². The molecule has 1 aliphatic rings. The summed E-state index contributed by atoms with van der Waals surface area (Å²) < 4.78 is 0. The monoisotopic (exact) mass is 242 g/mol. The van der Waals surface area contributed by atoms with Crippen molar-refractivity contribution in [1.82, 2.24) is 15.1 Å². The van der Waals surface area contributed by atoms with E-state index in [4.69, 9.17) is 0 Å². The Bertz CT molecular complexity index is 489. The number of likely N-dealkylation sites (tertiary alicyclic amines) is 1. The molecule has 2 aromatic rings. The Morgan fingerprint density at radius 3 is 2.72 bits per heavy atom. The van der Waals surface area contributed by atoms with E-state index >= 15 is 0 Å². The lowest BCUT2D eigenvalue weighted by molar-refractivity contribution is 0.414. The molecule has 1 saturated heterocycles. The van der Waals surface area contributed by atoms with Gasteiger partial charge in [0.25, 0.3) is 0 Å². The third kappa shape index (κ3) is 2.38. The molecule has 0 spiro atoms. The summed E-state index contributed by atoms with van der Waals surface area (Å²) in [5, 5.41) is 10.5. The van der Waals surface area contributed by atoms with Crippen LogP contribution in [0.25, 0.3) is 11.3 Å². The van der Waals surface area contributed by atoms with Crippen LogP contribution in [-0.2, 0) is 0 Å². The Kier molecular flexibility index (Phi) is 3.02. The van der Waals surface area contributed by atoms with E-state index in [1.54, 1.807) is 6.20 Å². The van der Waals surface area contributed by atoms with Crippen molar-refractivity contribution in [2.45, 2.75) is 12.5 Å². The Morgan fingerprint density at radius 2 is 2.11 bits per heavy atom. The van der Waals surface area contributed by atoms with Gasteiger partial charge in [-0.3, -0.25) is 5.10 Å². The first kappa shape index (κ1) is 11.3. The molecular formula is C14H18N4.